The van der Waals surface area contributed by atoms with Crippen LogP contribution in [0, 0.1) is 11.8 Å². The summed E-state index contributed by atoms with van der Waals surface area (Å²) in [6, 6.07) is 0.577. The fraction of sp³-hybridized carbons (Fsp3) is 1.00. The second kappa shape index (κ2) is 9.80. The Bertz CT molecular complexity index is 194. The third-order valence-corrected chi connectivity index (χ3v) is 4.81. The van der Waals surface area contributed by atoms with Crippen LogP contribution in [0.25, 0.3) is 0 Å². The molecule has 1 saturated carbocycles. The van der Waals surface area contributed by atoms with Crippen LogP contribution >= 0.6 is 0 Å². The standard InChI is InChI=1S/C16H34N2/c1-3-5-6-7-8-9-10-16(18-17)15-12-11-14(4-2)13-15/h14-16,18H,3-13,17H2,1-2H3. The normalized spacial score (nSPS) is 25.5. The molecular formula is C16H34N2. The third-order valence-electron chi connectivity index (χ3n) is 4.81. The van der Waals surface area contributed by atoms with E-state index in [2.05, 4.69) is 19.3 Å². The van der Waals surface area contributed by atoms with Gasteiger partial charge in [0.2, 0.25) is 0 Å². The Labute approximate surface area is 114 Å². The Morgan fingerprint density at radius 2 is 1.78 bits per heavy atom. The largest absolute Gasteiger partial charge is 0.271 e. The quantitative estimate of drug-likeness (QED) is 0.344. The molecule has 0 aliphatic heterocycles. The SMILES string of the molecule is CCCCCCCCC(NN)C1CCC(CC)C1. The van der Waals surface area contributed by atoms with Crippen LogP contribution in [0.5, 0.6) is 0 Å². The van der Waals surface area contributed by atoms with Crippen molar-refractivity contribution in [3.05, 3.63) is 0 Å². The molecule has 0 amide bonds. The van der Waals surface area contributed by atoms with E-state index >= 15 is 0 Å². The van der Waals surface area contributed by atoms with E-state index < -0.39 is 0 Å². The number of rotatable bonds is 10. The minimum atomic E-state index is 0.577. The van der Waals surface area contributed by atoms with Crippen LogP contribution in [-0.2, 0) is 0 Å². The van der Waals surface area contributed by atoms with Gasteiger partial charge in [-0.3, -0.25) is 11.3 Å². The van der Waals surface area contributed by atoms with Crippen molar-refractivity contribution in [2.24, 2.45) is 17.7 Å². The Morgan fingerprint density at radius 3 is 2.39 bits per heavy atom. The lowest BCUT2D eigenvalue weighted by Crippen LogP contribution is -2.40. The summed E-state index contributed by atoms with van der Waals surface area (Å²) in [6.45, 7) is 4.60. The van der Waals surface area contributed by atoms with Crippen molar-refractivity contribution in [2.75, 3.05) is 0 Å². The molecule has 2 heteroatoms. The van der Waals surface area contributed by atoms with Crippen molar-refractivity contribution in [2.45, 2.75) is 90.5 Å². The van der Waals surface area contributed by atoms with Crippen molar-refractivity contribution in [3.63, 3.8) is 0 Å². The average Bonchev–Trinajstić information content (AvgIpc) is 2.87. The second-order valence-electron chi connectivity index (χ2n) is 6.18. The molecule has 0 aromatic rings. The summed E-state index contributed by atoms with van der Waals surface area (Å²) in [5.74, 6) is 7.56. The number of unbranched alkanes of at least 4 members (excludes halogenated alkanes) is 5. The average molecular weight is 254 g/mol. The molecule has 0 radical (unpaired) electrons. The topological polar surface area (TPSA) is 38.0 Å². The predicted octanol–water partition coefficient (Wildman–Crippen LogP) is 4.40. The Balaban J connectivity index is 2.10. The molecule has 0 aromatic carbocycles. The Hall–Kier alpha value is -0.0800. The van der Waals surface area contributed by atoms with Gasteiger partial charge in [0.05, 0.1) is 0 Å². The van der Waals surface area contributed by atoms with Crippen LogP contribution in [0.2, 0.25) is 0 Å². The number of nitrogens with one attached hydrogen (secondary N) is 1. The van der Waals surface area contributed by atoms with E-state index in [9.17, 15) is 0 Å². The van der Waals surface area contributed by atoms with Gasteiger partial charge in [0, 0.05) is 6.04 Å². The molecule has 1 rings (SSSR count). The minimum Gasteiger partial charge on any atom is -0.271 e. The van der Waals surface area contributed by atoms with Crippen molar-refractivity contribution >= 4 is 0 Å². The number of hydrazine groups is 1. The fourth-order valence-corrected chi connectivity index (χ4v) is 3.45. The first-order chi connectivity index (χ1) is 8.81. The number of hydrogen-bond acceptors (Lipinski definition) is 2. The lowest BCUT2D eigenvalue weighted by molar-refractivity contribution is 0.324. The van der Waals surface area contributed by atoms with Crippen molar-refractivity contribution in [1.29, 1.82) is 0 Å². The minimum absolute atomic E-state index is 0.577. The van der Waals surface area contributed by atoms with Gasteiger partial charge in [0.1, 0.15) is 0 Å². The van der Waals surface area contributed by atoms with Gasteiger partial charge in [-0.15, -0.1) is 0 Å². The van der Waals surface area contributed by atoms with Crippen LogP contribution in [0.15, 0.2) is 0 Å². The van der Waals surface area contributed by atoms with Crippen LogP contribution in [-0.4, -0.2) is 6.04 Å². The molecule has 0 aromatic heterocycles. The van der Waals surface area contributed by atoms with Crippen LogP contribution in [0.3, 0.4) is 0 Å². The second-order valence-corrected chi connectivity index (χ2v) is 6.18. The molecule has 0 heterocycles. The first-order valence-electron chi connectivity index (χ1n) is 8.27. The van der Waals surface area contributed by atoms with Gasteiger partial charge < -0.3 is 0 Å². The first-order valence-corrected chi connectivity index (χ1v) is 8.27. The third kappa shape index (κ3) is 5.71. The highest BCUT2D eigenvalue weighted by Gasteiger charge is 2.28. The van der Waals surface area contributed by atoms with E-state index in [0.717, 1.165) is 11.8 Å². The lowest BCUT2D eigenvalue weighted by Gasteiger charge is -2.23. The van der Waals surface area contributed by atoms with Crippen molar-refractivity contribution < 1.29 is 0 Å². The lowest BCUT2D eigenvalue weighted by atomic mass is 9.92. The van der Waals surface area contributed by atoms with Gasteiger partial charge in [0.15, 0.2) is 0 Å². The monoisotopic (exact) mass is 254 g/mol. The maximum Gasteiger partial charge on any atom is 0.0238 e. The summed E-state index contributed by atoms with van der Waals surface area (Å²) in [7, 11) is 0. The van der Waals surface area contributed by atoms with E-state index in [1.807, 2.05) is 0 Å². The molecule has 18 heavy (non-hydrogen) atoms. The van der Waals surface area contributed by atoms with E-state index in [1.165, 1.54) is 70.6 Å². The zero-order chi connectivity index (χ0) is 13.2. The molecule has 3 unspecified atom stereocenters. The van der Waals surface area contributed by atoms with Crippen molar-refractivity contribution in [1.82, 2.24) is 5.43 Å². The van der Waals surface area contributed by atoms with E-state index in [4.69, 9.17) is 5.84 Å². The molecular weight excluding hydrogens is 220 g/mol. The highest BCUT2D eigenvalue weighted by Crippen LogP contribution is 2.35. The van der Waals surface area contributed by atoms with Gasteiger partial charge in [-0.05, 0) is 31.1 Å². The summed E-state index contributed by atoms with van der Waals surface area (Å²) in [5.41, 5.74) is 3.09. The van der Waals surface area contributed by atoms with Crippen LogP contribution in [0.4, 0.5) is 0 Å². The number of hydrogen-bond donors (Lipinski definition) is 2. The molecule has 3 atom stereocenters. The van der Waals surface area contributed by atoms with Crippen LogP contribution in [0.1, 0.15) is 84.5 Å². The molecule has 0 spiro atoms. The highest BCUT2D eigenvalue weighted by molar-refractivity contribution is 4.83. The van der Waals surface area contributed by atoms with E-state index in [0.29, 0.717) is 6.04 Å². The zero-order valence-corrected chi connectivity index (χ0v) is 12.6. The van der Waals surface area contributed by atoms with Gasteiger partial charge in [-0.25, -0.2) is 0 Å². The first kappa shape index (κ1) is 16.0. The molecule has 1 fully saturated rings. The van der Waals surface area contributed by atoms with Gasteiger partial charge in [-0.1, -0.05) is 65.2 Å². The molecule has 1 aliphatic rings. The smallest absolute Gasteiger partial charge is 0.0238 e. The summed E-state index contributed by atoms with van der Waals surface area (Å²) in [4.78, 5) is 0. The Morgan fingerprint density at radius 1 is 1.06 bits per heavy atom. The summed E-state index contributed by atoms with van der Waals surface area (Å²) in [5, 5.41) is 0. The molecule has 0 bridgehead atoms. The Kier molecular flexibility index (Phi) is 8.70. The maximum absolute atomic E-state index is 5.75. The maximum atomic E-state index is 5.75. The summed E-state index contributed by atoms with van der Waals surface area (Å²) < 4.78 is 0. The molecule has 3 N–H and O–H groups in total. The van der Waals surface area contributed by atoms with Gasteiger partial charge in [-0.2, -0.15) is 0 Å². The predicted molar refractivity (Wildman–Crippen MR) is 80.2 cm³/mol. The summed E-state index contributed by atoms with van der Waals surface area (Å²) in [6.07, 6.45) is 15.2. The molecule has 1 aliphatic carbocycles. The summed E-state index contributed by atoms with van der Waals surface area (Å²) >= 11 is 0. The molecule has 0 saturated heterocycles. The van der Waals surface area contributed by atoms with E-state index in [-0.39, 0.29) is 0 Å². The fourth-order valence-electron chi connectivity index (χ4n) is 3.45. The molecule has 2 nitrogen and oxygen atoms in total. The van der Waals surface area contributed by atoms with E-state index in [1.54, 1.807) is 0 Å². The van der Waals surface area contributed by atoms with Crippen LogP contribution < -0.4 is 11.3 Å². The molecule has 108 valence electrons. The number of nitrogens with two attached hydrogens (primary N) is 1. The highest BCUT2D eigenvalue weighted by atomic mass is 15.2. The zero-order valence-electron chi connectivity index (χ0n) is 12.6. The van der Waals surface area contributed by atoms with Crippen molar-refractivity contribution in [3.8, 4) is 0 Å². The van der Waals surface area contributed by atoms with Gasteiger partial charge >= 0.3 is 0 Å². The van der Waals surface area contributed by atoms with Gasteiger partial charge in [0.25, 0.3) is 0 Å².